The summed E-state index contributed by atoms with van der Waals surface area (Å²) < 4.78 is 6.17. The smallest absolute Gasteiger partial charge is 0.0866 e. The summed E-state index contributed by atoms with van der Waals surface area (Å²) in [5.41, 5.74) is 1.48. The van der Waals surface area contributed by atoms with Crippen molar-refractivity contribution in [1.82, 2.24) is 4.90 Å². The second kappa shape index (κ2) is 5.32. The van der Waals surface area contributed by atoms with Crippen LogP contribution in [0.3, 0.4) is 0 Å². The highest BCUT2D eigenvalue weighted by molar-refractivity contribution is 5.21. The molecule has 2 fully saturated rings. The predicted molar refractivity (Wildman–Crippen MR) is 73.8 cm³/mol. The molecule has 0 amide bonds. The van der Waals surface area contributed by atoms with Gasteiger partial charge in [0.05, 0.1) is 24.8 Å². The first kappa shape index (κ1) is 12.7. The third-order valence-corrected chi connectivity index (χ3v) is 4.54. The Balaban J connectivity index is 1.62. The maximum Gasteiger partial charge on any atom is 0.0866 e. The second-order valence-electron chi connectivity index (χ2n) is 5.74. The Hall–Kier alpha value is -1.37. The number of benzene rings is 1. The molecule has 100 valence electrons. The fourth-order valence-corrected chi connectivity index (χ4v) is 3.35. The molecule has 2 saturated heterocycles. The first-order valence-corrected chi connectivity index (χ1v) is 7.10. The third-order valence-electron chi connectivity index (χ3n) is 4.54. The molecule has 1 spiro atoms. The van der Waals surface area contributed by atoms with Gasteiger partial charge in [0, 0.05) is 19.0 Å². The van der Waals surface area contributed by atoms with Gasteiger partial charge in [-0.05, 0) is 24.8 Å². The Morgan fingerprint density at radius 3 is 2.68 bits per heavy atom. The molecule has 1 aromatic carbocycles. The zero-order chi connectivity index (χ0) is 13.1. The van der Waals surface area contributed by atoms with E-state index in [1.807, 2.05) is 0 Å². The molecule has 1 unspecified atom stereocenters. The Bertz CT molecular complexity index is 457. The zero-order valence-electron chi connectivity index (χ0n) is 11.2. The number of hydrogen-bond acceptors (Lipinski definition) is 3. The highest BCUT2D eigenvalue weighted by Crippen LogP contribution is 2.42. The molecule has 3 nitrogen and oxygen atoms in total. The standard InChI is InChI=1S/C16H20N2O/c17-8-11-18-9-6-16(7-10-18)12-15(13-19-16)14-4-2-1-3-5-14/h1-5,15H,6-7,9-13H2. The molecule has 3 rings (SSSR count). The lowest BCUT2D eigenvalue weighted by Crippen LogP contribution is -2.44. The normalized spacial score (nSPS) is 26.4. The molecule has 0 radical (unpaired) electrons. The second-order valence-corrected chi connectivity index (χ2v) is 5.74. The highest BCUT2D eigenvalue weighted by Gasteiger charge is 2.42. The van der Waals surface area contributed by atoms with Crippen molar-refractivity contribution in [3.8, 4) is 6.07 Å². The maximum absolute atomic E-state index is 8.74. The van der Waals surface area contributed by atoms with Crippen molar-refractivity contribution in [2.24, 2.45) is 0 Å². The van der Waals surface area contributed by atoms with Crippen LogP contribution in [0.4, 0.5) is 0 Å². The lowest BCUT2D eigenvalue weighted by Gasteiger charge is -2.37. The molecule has 0 N–H and O–H groups in total. The first-order valence-electron chi connectivity index (χ1n) is 7.10. The number of hydrogen-bond donors (Lipinski definition) is 0. The van der Waals surface area contributed by atoms with E-state index in [1.165, 1.54) is 5.56 Å². The molecule has 2 aliphatic heterocycles. The quantitative estimate of drug-likeness (QED) is 0.763. The van der Waals surface area contributed by atoms with Crippen LogP contribution in [0.15, 0.2) is 30.3 Å². The Labute approximate surface area is 114 Å². The van der Waals surface area contributed by atoms with E-state index in [0.717, 1.165) is 39.0 Å². The molecule has 0 aliphatic carbocycles. The van der Waals surface area contributed by atoms with Gasteiger partial charge < -0.3 is 4.74 Å². The molecular formula is C16H20N2O. The van der Waals surface area contributed by atoms with Crippen molar-refractivity contribution in [2.45, 2.75) is 30.8 Å². The minimum atomic E-state index is 0.0759. The maximum atomic E-state index is 8.74. The van der Waals surface area contributed by atoms with Gasteiger partial charge >= 0.3 is 0 Å². The van der Waals surface area contributed by atoms with Crippen molar-refractivity contribution < 1.29 is 4.74 Å². The van der Waals surface area contributed by atoms with Gasteiger partial charge in [-0.3, -0.25) is 4.90 Å². The summed E-state index contributed by atoms with van der Waals surface area (Å²) in [6.45, 7) is 3.39. The van der Waals surface area contributed by atoms with Gasteiger partial charge in [0.15, 0.2) is 0 Å². The third kappa shape index (κ3) is 2.65. The van der Waals surface area contributed by atoms with Crippen LogP contribution in [0, 0.1) is 11.3 Å². The van der Waals surface area contributed by atoms with E-state index in [-0.39, 0.29) is 5.60 Å². The predicted octanol–water partition coefficient (Wildman–Crippen LogP) is 2.55. The SMILES string of the molecule is N#CCN1CCC2(CC1)CC(c1ccccc1)CO2. The van der Waals surface area contributed by atoms with E-state index in [1.54, 1.807) is 0 Å². The van der Waals surface area contributed by atoms with E-state index in [0.29, 0.717) is 12.5 Å². The number of nitrogens with zero attached hydrogens (tertiary/aromatic N) is 2. The highest BCUT2D eigenvalue weighted by atomic mass is 16.5. The zero-order valence-corrected chi connectivity index (χ0v) is 11.2. The van der Waals surface area contributed by atoms with Crippen LogP contribution in [-0.4, -0.2) is 36.7 Å². The topological polar surface area (TPSA) is 36.3 Å². The minimum absolute atomic E-state index is 0.0759. The van der Waals surface area contributed by atoms with Gasteiger partial charge in [-0.15, -0.1) is 0 Å². The molecule has 3 heteroatoms. The average molecular weight is 256 g/mol. The molecule has 2 heterocycles. The molecule has 0 bridgehead atoms. The number of likely N-dealkylation sites (tertiary alicyclic amines) is 1. The van der Waals surface area contributed by atoms with Gasteiger partial charge in [0.1, 0.15) is 0 Å². The van der Waals surface area contributed by atoms with Crippen LogP contribution < -0.4 is 0 Å². The summed E-state index contributed by atoms with van der Waals surface area (Å²) >= 11 is 0. The van der Waals surface area contributed by atoms with Crippen molar-refractivity contribution >= 4 is 0 Å². The summed E-state index contributed by atoms with van der Waals surface area (Å²) in [4.78, 5) is 2.23. The van der Waals surface area contributed by atoms with Crippen LogP contribution in [0.2, 0.25) is 0 Å². The Morgan fingerprint density at radius 1 is 1.26 bits per heavy atom. The van der Waals surface area contributed by atoms with Crippen LogP contribution in [0.5, 0.6) is 0 Å². The number of nitriles is 1. The first-order chi connectivity index (χ1) is 9.31. The monoisotopic (exact) mass is 256 g/mol. The molecule has 1 aromatic rings. The fraction of sp³-hybridized carbons (Fsp3) is 0.562. The Morgan fingerprint density at radius 2 is 2.00 bits per heavy atom. The molecule has 2 aliphatic rings. The molecule has 0 aromatic heterocycles. The number of piperidine rings is 1. The summed E-state index contributed by atoms with van der Waals surface area (Å²) in [7, 11) is 0. The number of ether oxygens (including phenoxy) is 1. The van der Waals surface area contributed by atoms with Crippen LogP contribution in [0.1, 0.15) is 30.7 Å². The van der Waals surface area contributed by atoms with Gasteiger partial charge in [-0.25, -0.2) is 0 Å². The Kier molecular flexibility index (Phi) is 3.54. The van der Waals surface area contributed by atoms with Crippen LogP contribution >= 0.6 is 0 Å². The largest absolute Gasteiger partial charge is 0.374 e. The van der Waals surface area contributed by atoms with Gasteiger partial charge in [0.2, 0.25) is 0 Å². The lowest BCUT2D eigenvalue weighted by molar-refractivity contribution is -0.0413. The van der Waals surface area contributed by atoms with Gasteiger partial charge in [-0.2, -0.15) is 5.26 Å². The molecule has 0 saturated carbocycles. The van der Waals surface area contributed by atoms with E-state index in [4.69, 9.17) is 10.00 Å². The van der Waals surface area contributed by atoms with Crippen LogP contribution in [0.25, 0.3) is 0 Å². The summed E-state index contributed by atoms with van der Waals surface area (Å²) in [6, 6.07) is 12.9. The van der Waals surface area contributed by atoms with E-state index in [9.17, 15) is 0 Å². The summed E-state index contributed by atoms with van der Waals surface area (Å²) in [5.74, 6) is 0.545. The van der Waals surface area contributed by atoms with Crippen molar-refractivity contribution in [2.75, 3.05) is 26.2 Å². The fourth-order valence-electron chi connectivity index (χ4n) is 3.35. The van der Waals surface area contributed by atoms with Crippen molar-refractivity contribution in [3.05, 3.63) is 35.9 Å². The van der Waals surface area contributed by atoms with Crippen molar-refractivity contribution in [3.63, 3.8) is 0 Å². The van der Waals surface area contributed by atoms with E-state index >= 15 is 0 Å². The lowest BCUT2D eigenvalue weighted by atomic mass is 9.83. The van der Waals surface area contributed by atoms with Gasteiger partial charge in [-0.1, -0.05) is 30.3 Å². The van der Waals surface area contributed by atoms with Gasteiger partial charge in [0.25, 0.3) is 0 Å². The molecular weight excluding hydrogens is 236 g/mol. The minimum Gasteiger partial charge on any atom is -0.374 e. The van der Waals surface area contributed by atoms with Crippen LogP contribution in [-0.2, 0) is 4.74 Å². The van der Waals surface area contributed by atoms with E-state index in [2.05, 4.69) is 41.3 Å². The average Bonchev–Trinajstić information content (AvgIpc) is 2.87. The summed E-state index contributed by atoms with van der Waals surface area (Å²) in [6.07, 6.45) is 3.27. The van der Waals surface area contributed by atoms with Crippen molar-refractivity contribution in [1.29, 1.82) is 5.26 Å². The molecule has 19 heavy (non-hydrogen) atoms. The number of rotatable bonds is 2. The summed E-state index contributed by atoms with van der Waals surface area (Å²) in [5, 5.41) is 8.74. The van der Waals surface area contributed by atoms with E-state index < -0.39 is 0 Å². The molecule has 1 atom stereocenters.